The van der Waals surface area contributed by atoms with Gasteiger partial charge in [0.05, 0.1) is 11.8 Å². The molecule has 0 spiro atoms. The van der Waals surface area contributed by atoms with Gasteiger partial charge in [0.15, 0.2) is 5.82 Å². The number of nitrogens with zero attached hydrogens (tertiary/aromatic N) is 2. The molecule has 1 aliphatic heterocycles. The van der Waals surface area contributed by atoms with E-state index in [-0.39, 0.29) is 0 Å². The van der Waals surface area contributed by atoms with Gasteiger partial charge in [-0.3, -0.25) is 0 Å². The average Bonchev–Trinajstić information content (AvgIpc) is 2.90. The Morgan fingerprint density at radius 2 is 2.44 bits per heavy atom. The van der Waals surface area contributed by atoms with Crippen LogP contribution in [0.2, 0.25) is 0 Å². The van der Waals surface area contributed by atoms with E-state index >= 15 is 0 Å². The van der Waals surface area contributed by atoms with Crippen molar-refractivity contribution in [2.45, 2.75) is 31.1 Å². The Hall–Kier alpha value is -0.550. The van der Waals surface area contributed by atoms with Gasteiger partial charge in [0.2, 0.25) is 5.89 Å². The van der Waals surface area contributed by atoms with Crippen LogP contribution in [0.15, 0.2) is 4.52 Å². The summed E-state index contributed by atoms with van der Waals surface area (Å²) >= 11 is 1.72. The minimum Gasteiger partial charge on any atom is -0.338 e. The van der Waals surface area contributed by atoms with Crippen molar-refractivity contribution in [3.8, 4) is 0 Å². The van der Waals surface area contributed by atoms with E-state index in [1.54, 1.807) is 11.8 Å². The Labute approximate surface area is 99.6 Å². The lowest BCUT2D eigenvalue weighted by Crippen LogP contribution is -2.18. The molecule has 0 aromatic carbocycles. The predicted molar refractivity (Wildman–Crippen MR) is 63.1 cm³/mol. The van der Waals surface area contributed by atoms with Gasteiger partial charge >= 0.3 is 0 Å². The molecular weight excluding hydrogens is 222 g/mol. The standard InChI is InChI=1S/C11H17N3OS/c1-16-6-9-13-11(15-14-9)10-8-4-2-3-7(8)5-12-10/h7-8,10,12H,2-6H2,1H3. The van der Waals surface area contributed by atoms with Crippen LogP contribution in [0.5, 0.6) is 0 Å². The topological polar surface area (TPSA) is 51.0 Å². The Balaban J connectivity index is 1.76. The Bertz CT molecular complexity index is 368. The summed E-state index contributed by atoms with van der Waals surface area (Å²) in [5.74, 6) is 4.03. The van der Waals surface area contributed by atoms with Crippen LogP contribution >= 0.6 is 11.8 Å². The molecule has 1 aromatic heterocycles. The second-order valence-electron chi connectivity index (χ2n) is 4.72. The molecule has 3 rings (SSSR count). The summed E-state index contributed by atoms with van der Waals surface area (Å²) < 4.78 is 5.37. The van der Waals surface area contributed by atoms with E-state index in [1.807, 2.05) is 0 Å². The van der Waals surface area contributed by atoms with Crippen LogP contribution in [-0.4, -0.2) is 22.9 Å². The maximum absolute atomic E-state index is 5.37. The zero-order valence-electron chi connectivity index (χ0n) is 9.48. The van der Waals surface area contributed by atoms with Crippen LogP contribution in [0, 0.1) is 11.8 Å². The third-order valence-corrected chi connectivity index (χ3v) is 4.32. The molecule has 2 fully saturated rings. The molecule has 16 heavy (non-hydrogen) atoms. The van der Waals surface area contributed by atoms with Crippen molar-refractivity contribution in [2.24, 2.45) is 11.8 Å². The highest BCUT2D eigenvalue weighted by molar-refractivity contribution is 7.97. The van der Waals surface area contributed by atoms with Crippen LogP contribution in [0.4, 0.5) is 0 Å². The summed E-state index contributed by atoms with van der Waals surface area (Å²) in [4.78, 5) is 4.48. The molecule has 0 radical (unpaired) electrons. The van der Waals surface area contributed by atoms with Crippen LogP contribution in [0.1, 0.15) is 37.0 Å². The van der Waals surface area contributed by atoms with Crippen molar-refractivity contribution < 1.29 is 4.52 Å². The molecule has 1 aliphatic carbocycles. The fourth-order valence-corrected chi connectivity index (χ4v) is 3.41. The molecule has 1 aromatic rings. The molecule has 1 saturated heterocycles. The van der Waals surface area contributed by atoms with Gasteiger partial charge in [0.1, 0.15) is 0 Å². The summed E-state index contributed by atoms with van der Waals surface area (Å²) in [5.41, 5.74) is 0. The first-order chi connectivity index (χ1) is 7.88. The Morgan fingerprint density at radius 1 is 1.50 bits per heavy atom. The maximum Gasteiger partial charge on any atom is 0.244 e. The van der Waals surface area contributed by atoms with Crippen molar-refractivity contribution in [3.05, 3.63) is 11.7 Å². The van der Waals surface area contributed by atoms with Gasteiger partial charge in [-0.05, 0) is 37.5 Å². The molecule has 1 saturated carbocycles. The molecule has 2 heterocycles. The zero-order chi connectivity index (χ0) is 11.0. The number of fused-ring (bicyclic) bond motifs is 1. The number of hydrogen-bond donors (Lipinski definition) is 1. The van der Waals surface area contributed by atoms with Crippen LogP contribution in [0.25, 0.3) is 0 Å². The predicted octanol–water partition coefficient (Wildman–Crippen LogP) is 1.99. The summed E-state index contributed by atoms with van der Waals surface area (Å²) in [6.45, 7) is 1.12. The molecule has 5 heteroatoms. The lowest BCUT2D eigenvalue weighted by Gasteiger charge is -2.13. The second kappa shape index (κ2) is 4.37. The maximum atomic E-state index is 5.37. The minimum atomic E-state index is 0.315. The van der Waals surface area contributed by atoms with E-state index in [2.05, 4.69) is 21.7 Å². The Morgan fingerprint density at radius 3 is 3.31 bits per heavy atom. The van der Waals surface area contributed by atoms with Crippen LogP contribution in [0.3, 0.4) is 0 Å². The highest BCUT2D eigenvalue weighted by Crippen LogP contribution is 2.43. The minimum absolute atomic E-state index is 0.315. The van der Waals surface area contributed by atoms with Gasteiger partial charge < -0.3 is 9.84 Å². The third kappa shape index (κ3) is 1.76. The molecule has 3 unspecified atom stereocenters. The van der Waals surface area contributed by atoms with E-state index in [0.29, 0.717) is 6.04 Å². The van der Waals surface area contributed by atoms with Crippen molar-refractivity contribution in [1.29, 1.82) is 0 Å². The molecule has 3 atom stereocenters. The van der Waals surface area contributed by atoms with E-state index in [4.69, 9.17) is 4.52 Å². The molecule has 0 amide bonds. The number of aromatic nitrogens is 2. The highest BCUT2D eigenvalue weighted by atomic mass is 32.2. The van der Waals surface area contributed by atoms with Gasteiger partial charge in [0.25, 0.3) is 0 Å². The van der Waals surface area contributed by atoms with Gasteiger partial charge in [-0.25, -0.2) is 0 Å². The van der Waals surface area contributed by atoms with Gasteiger partial charge in [0, 0.05) is 0 Å². The SMILES string of the molecule is CSCc1noc(C2NCC3CCCC32)n1. The number of nitrogens with one attached hydrogen (secondary N) is 1. The van der Waals surface area contributed by atoms with Crippen molar-refractivity contribution in [1.82, 2.24) is 15.5 Å². The number of rotatable bonds is 3. The van der Waals surface area contributed by atoms with Crippen molar-refractivity contribution >= 4 is 11.8 Å². The van der Waals surface area contributed by atoms with E-state index in [9.17, 15) is 0 Å². The average molecular weight is 239 g/mol. The normalized spacial score (nSPS) is 33.2. The van der Waals surface area contributed by atoms with Crippen molar-refractivity contribution in [3.63, 3.8) is 0 Å². The van der Waals surface area contributed by atoms with Gasteiger partial charge in [-0.2, -0.15) is 16.7 Å². The summed E-state index contributed by atoms with van der Waals surface area (Å²) in [5, 5.41) is 7.55. The lowest BCUT2D eigenvalue weighted by molar-refractivity contribution is 0.301. The monoisotopic (exact) mass is 239 g/mol. The third-order valence-electron chi connectivity index (χ3n) is 3.77. The fraction of sp³-hybridized carbons (Fsp3) is 0.818. The molecule has 4 nitrogen and oxygen atoms in total. The molecular formula is C11H17N3OS. The van der Waals surface area contributed by atoms with E-state index in [0.717, 1.165) is 35.8 Å². The van der Waals surface area contributed by atoms with Gasteiger partial charge in [-0.15, -0.1) is 0 Å². The van der Waals surface area contributed by atoms with Gasteiger partial charge in [-0.1, -0.05) is 11.6 Å². The van der Waals surface area contributed by atoms with Crippen LogP contribution < -0.4 is 5.32 Å². The first-order valence-electron chi connectivity index (χ1n) is 5.93. The Kier molecular flexibility index (Phi) is 2.90. The molecule has 88 valence electrons. The van der Waals surface area contributed by atoms with E-state index < -0.39 is 0 Å². The lowest BCUT2D eigenvalue weighted by atomic mass is 9.94. The highest BCUT2D eigenvalue weighted by Gasteiger charge is 2.42. The summed E-state index contributed by atoms with van der Waals surface area (Å²) in [7, 11) is 0. The van der Waals surface area contributed by atoms with Crippen LogP contribution in [-0.2, 0) is 5.75 Å². The van der Waals surface area contributed by atoms with Crippen molar-refractivity contribution in [2.75, 3.05) is 12.8 Å². The quantitative estimate of drug-likeness (QED) is 0.874. The molecule has 2 aliphatic rings. The number of thioether (sulfide) groups is 1. The summed E-state index contributed by atoms with van der Waals surface area (Å²) in [6.07, 6.45) is 6.08. The summed E-state index contributed by atoms with van der Waals surface area (Å²) in [6, 6.07) is 0.315. The first-order valence-corrected chi connectivity index (χ1v) is 7.32. The molecule has 1 N–H and O–H groups in total. The number of hydrogen-bond acceptors (Lipinski definition) is 5. The first kappa shape index (κ1) is 10.6. The second-order valence-corrected chi connectivity index (χ2v) is 5.59. The smallest absolute Gasteiger partial charge is 0.244 e. The largest absolute Gasteiger partial charge is 0.338 e. The molecule has 0 bridgehead atoms. The fourth-order valence-electron chi connectivity index (χ4n) is 3.04. The zero-order valence-corrected chi connectivity index (χ0v) is 10.3. The van der Waals surface area contributed by atoms with E-state index in [1.165, 1.54) is 19.3 Å².